The van der Waals surface area contributed by atoms with E-state index >= 15 is 0 Å². The van der Waals surface area contributed by atoms with Gasteiger partial charge >= 0.3 is 0 Å². The highest BCUT2D eigenvalue weighted by Crippen LogP contribution is 2.22. The van der Waals surface area contributed by atoms with E-state index in [-0.39, 0.29) is 29.4 Å². The number of halogens is 1. The Labute approximate surface area is 144 Å². The Morgan fingerprint density at radius 1 is 1.43 bits per heavy atom. The summed E-state index contributed by atoms with van der Waals surface area (Å²) in [7, 11) is 0. The van der Waals surface area contributed by atoms with E-state index in [1.165, 1.54) is 19.3 Å². The van der Waals surface area contributed by atoms with Gasteiger partial charge in [0.25, 0.3) is 0 Å². The highest BCUT2D eigenvalue weighted by molar-refractivity contribution is 14.0. The van der Waals surface area contributed by atoms with Crippen molar-refractivity contribution in [3.05, 3.63) is 17.8 Å². The molecule has 1 aliphatic rings. The summed E-state index contributed by atoms with van der Waals surface area (Å²) in [6, 6.07) is 0.572. The van der Waals surface area contributed by atoms with Crippen molar-refractivity contribution < 1.29 is 4.42 Å². The molecule has 0 radical (unpaired) electrons. The minimum Gasteiger partial charge on any atom is -0.443 e. The number of hydrogen-bond acceptors (Lipinski definition) is 3. The maximum atomic E-state index is 5.75. The molecule has 1 aromatic heterocycles. The zero-order chi connectivity index (χ0) is 14.6. The van der Waals surface area contributed by atoms with Gasteiger partial charge in [-0.05, 0) is 26.2 Å². The molecule has 1 aromatic rings. The number of rotatable bonds is 4. The normalized spacial score (nSPS) is 16.1. The minimum atomic E-state index is -0.0103. The van der Waals surface area contributed by atoms with Gasteiger partial charge in [0, 0.05) is 18.0 Å². The van der Waals surface area contributed by atoms with Crippen LogP contribution in [0.2, 0.25) is 0 Å². The first-order valence-electron chi connectivity index (χ1n) is 7.49. The third-order valence-corrected chi connectivity index (χ3v) is 3.46. The fourth-order valence-electron chi connectivity index (χ4n) is 1.94. The van der Waals surface area contributed by atoms with Crippen molar-refractivity contribution in [2.75, 3.05) is 6.54 Å². The molecule has 0 amide bonds. The fourth-order valence-corrected chi connectivity index (χ4v) is 1.94. The zero-order valence-corrected chi connectivity index (χ0v) is 15.7. The van der Waals surface area contributed by atoms with Gasteiger partial charge in [-0.25, -0.2) is 9.98 Å². The van der Waals surface area contributed by atoms with Gasteiger partial charge < -0.3 is 15.1 Å². The topological polar surface area (TPSA) is 62.5 Å². The molecular weight excluding hydrogens is 379 g/mol. The van der Waals surface area contributed by atoms with Crippen LogP contribution in [0.5, 0.6) is 0 Å². The van der Waals surface area contributed by atoms with Crippen LogP contribution in [-0.2, 0) is 12.0 Å². The van der Waals surface area contributed by atoms with Crippen molar-refractivity contribution in [3.8, 4) is 0 Å². The van der Waals surface area contributed by atoms with E-state index < -0.39 is 0 Å². The van der Waals surface area contributed by atoms with Gasteiger partial charge in [0.15, 0.2) is 5.96 Å². The molecule has 0 spiro atoms. The molecule has 21 heavy (non-hydrogen) atoms. The monoisotopic (exact) mass is 406 g/mol. The summed E-state index contributed by atoms with van der Waals surface area (Å²) < 4.78 is 5.75. The van der Waals surface area contributed by atoms with Crippen LogP contribution in [0, 0.1) is 0 Å². The van der Waals surface area contributed by atoms with Crippen LogP contribution >= 0.6 is 24.0 Å². The lowest BCUT2D eigenvalue weighted by molar-refractivity contribution is 0.376. The molecule has 0 aromatic carbocycles. The maximum Gasteiger partial charge on any atom is 0.216 e. The number of oxazole rings is 1. The van der Waals surface area contributed by atoms with Gasteiger partial charge in [0.1, 0.15) is 12.3 Å². The van der Waals surface area contributed by atoms with Crippen LogP contribution in [0.15, 0.2) is 15.6 Å². The fraction of sp³-hybridized carbons (Fsp3) is 0.733. The number of hydrogen-bond donors (Lipinski definition) is 2. The quantitative estimate of drug-likeness (QED) is 0.458. The molecule has 0 atom stereocenters. The number of guanidine groups is 1. The Kier molecular flexibility index (Phi) is 6.96. The molecule has 0 bridgehead atoms. The Hall–Kier alpha value is -0.790. The summed E-state index contributed by atoms with van der Waals surface area (Å²) in [5, 5.41) is 6.69. The van der Waals surface area contributed by atoms with Crippen LogP contribution in [0.3, 0.4) is 0 Å². The van der Waals surface area contributed by atoms with E-state index in [1.807, 2.05) is 0 Å². The second-order valence-corrected chi connectivity index (χ2v) is 6.34. The predicted octanol–water partition coefficient (Wildman–Crippen LogP) is 3.20. The Morgan fingerprint density at radius 2 is 2.14 bits per heavy atom. The first kappa shape index (κ1) is 18.3. The van der Waals surface area contributed by atoms with Crippen molar-refractivity contribution >= 4 is 29.9 Å². The van der Waals surface area contributed by atoms with Crippen molar-refractivity contribution in [1.82, 2.24) is 15.6 Å². The second kappa shape index (κ2) is 8.00. The SMILES string of the molecule is CCNC(=NCc1ncc(C(C)(C)C)o1)NC1CCC1.I. The summed E-state index contributed by atoms with van der Waals surface area (Å²) in [5.74, 6) is 2.42. The number of aromatic nitrogens is 1. The lowest BCUT2D eigenvalue weighted by Gasteiger charge is -2.28. The molecule has 0 saturated heterocycles. The molecule has 5 nitrogen and oxygen atoms in total. The third-order valence-electron chi connectivity index (χ3n) is 3.46. The predicted molar refractivity (Wildman–Crippen MR) is 96.2 cm³/mol. The average molecular weight is 406 g/mol. The molecule has 120 valence electrons. The molecule has 1 heterocycles. The van der Waals surface area contributed by atoms with Gasteiger partial charge in [-0.2, -0.15) is 0 Å². The Balaban J connectivity index is 0.00000220. The van der Waals surface area contributed by atoms with Crippen LogP contribution in [0.1, 0.15) is 58.6 Å². The maximum absolute atomic E-state index is 5.75. The summed E-state index contributed by atoms with van der Waals surface area (Å²) in [6.45, 7) is 9.74. The van der Waals surface area contributed by atoms with E-state index in [4.69, 9.17) is 4.42 Å². The van der Waals surface area contributed by atoms with Gasteiger partial charge in [0.05, 0.1) is 6.20 Å². The van der Waals surface area contributed by atoms with Crippen molar-refractivity contribution in [3.63, 3.8) is 0 Å². The summed E-state index contributed by atoms with van der Waals surface area (Å²) in [5.41, 5.74) is -0.0103. The standard InChI is InChI=1S/C15H26N4O.HI/c1-5-16-14(19-11-7-6-8-11)18-10-13-17-9-12(20-13)15(2,3)4;/h9,11H,5-8,10H2,1-4H3,(H2,16,18,19);1H. The van der Waals surface area contributed by atoms with Crippen molar-refractivity contribution in [1.29, 1.82) is 0 Å². The summed E-state index contributed by atoms with van der Waals surface area (Å²) in [4.78, 5) is 8.84. The molecule has 6 heteroatoms. The van der Waals surface area contributed by atoms with Gasteiger partial charge in [-0.1, -0.05) is 20.8 Å². The molecule has 1 fully saturated rings. The van der Waals surface area contributed by atoms with E-state index in [2.05, 4.69) is 48.3 Å². The van der Waals surface area contributed by atoms with Crippen molar-refractivity contribution in [2.45, 2.75) is 65.0 Å². The highest BCUT2D eigenvalue weighted by Gasteiger charge is 2.20. The summed E-state index contributed by atoms with van der Waals surface area (Å²) >= 11 is 0. The molecule has 1 aliphatic carbocycles. The molecular formula is C15H27IN4O. The van der Waals surface area contributed by atoms with Gasteiger partial charge in [-0.3, -0.25) is 0 Å². The molecule has 1 saturated carbocycles. The van der Waals surface area contributed by atoms with E-state index in [1.54, 1.807) is 6.20 Å². The van der Waals surface area contributed by atoms with Crippen LogP contribution < -0.4 is 10.6 Å². The van der Waals surface area contributed by atoms with Gasteiger partial charge in [-0.15, -0.1) is 24.0 Å². The summed E-state index contributed by atoms with van der Waals surface area (Å²) in [6.07, 6.45) is 5.58. The lowest BCUT2D eigenvalue weighted by atomic mass is 9.93. The van der Waals surface area contributed by atoms with E-state index in [9.17, 15) is 0 Å². The molecule has 2 rings (SSSR count). The Bertz CT molecular complexity index is 460. The van der Waals surface area contributed by atoms with Gasteiger partial charge in [0.2, 0.25) is 5.89 Å². The number of nitrogens with one attached hydrogen (secondary N) is 2. The largest absolute Gasteiger partial charge is 0.443 e. The average Bonchev–Trinajstić information content (AvgIpc) is 2.79. The van der Waals surface area contributed by atoms with Crippen LogP contribution in [0.25, 0.3) is 0 Å². The first-order valence-corrected chi connectivity index (χ1v) is 7.49. The number of aliphatic imine (C=N–C) groups is 1. The minimum absolute atomic E-state index is 0. The smallest absolute Gasteiger partial charge is 0.216 e. The Morgan fingerprint density at radius 3 is 2.62 bits per heavy atom. The van der Waals surface area contributed by atoms with Crippen LogP contribution in [0.4, 0.5) is 0 Å². The first-order chi connectivity index (χ1) is 9.49. The molecule has 2 N–H and O–H groups in total. The van der Waals surface area contributed by atoms with Crippen molar-refractivity contribution in [2.24, 2.45) is 4.99 Å². The number of nitrogens with zero attached hydrogens (tertiary/aromatic N) is 2. The molecule has 0 aliphatic heterocycles. The zero-order valence-electron chi connectivity index (χ0n) is 13.4. The molecule has 0 unspecified atom stereocenters. The third kappa shape index (κ3) is 5.48. The van der Waals surface area contributed by atoms with E-state index in [0.29, 0.717) is 18.5 Å². The van der Waals surface area contributed by atoms with E-state index in [0.717, 1.165) is 18.3 Å². The highest BCUT2D eigenvalue weighted by atomic mass is 127. The lowest BCUT2D eigenvalue weighted by Crippen LogP contribution is -2.46. The van der Waals surface area contributed by atoms with Crippen LogP contribution in [-0.4, -0.2) is 23.5 Å². The second-order valence-electron chi connectivity index (χ2n) is 6.34.